The molecular weight excluding hydrogens is 184 g/mol. The van der Waals surface area contributed by atoms with Crippen molar-refractivity contribution in [2.45, 2.75) is 0 Å². The van der Waals surface area contributed by atoms with E-state index in [0.717, 1.165) is 5.75 Å². The standard InChI is InChI=1S/C14H11O/c1-2-15-14-10-8-13(9-11-14)12-6-4-3-5-7-12/h2,4-11H,1H2. The second kappa shape index (κ2) is 4.47. The van der Waals surface area contributed by atoms with Crippen molar-refractivity contribution in [3.63, 3.8) is 0 Å². The fraction of sp³-hybridized carbons (Fsp3) is 0. The first-order valence-corrected chi connectivity index (χ1v) is 4.74. The van der Waals surface area contributed by atoms with Crippen LogP contribution in [0.5, 0.6) is 5.75 Å². The van der Waals surface area contributed by atoms with E-state index in [-0.39, 0.29) is 0 Å². The van der Waals surface area contributed by atoms with E-state index in [9.17, 15) is 0 Å². The third-order valence-corrected chi connectivity index (χ3v) is 2.13. The molecule has 0 unspecified atom stereocenters. The van der Waals surface area contributed by atoms with Crippen molar-refractivity contribution in [2.75, 3.05) is 0 Å². The van der Waals surface area contributed by atoms with Crippen LogP contribution in [0.15, 0.2) is 61.4 Å². The summed E-state index contributed by atoms with van der Waals surface area (Å²) in [6, 6.07) is 18.8. The van der Waals surface area contributed by atoms with Crippen molar-refractivity contribution in [1.82, 2.24) is 0 Å². The molecule has 0 saturated heterocycles. The van der Waals surface area contributed by atoms with Crippen LogP contribution >= 0.6 is 0 Å². The van der Waals surface area contributed by atoms with Crippen LogP contribution in [0.1, 0.15) is 0 Å². The van der Waals surface area contributed by atoms with Gasteiger partial charge in [-0.1, -0.05) is 43.0 Å². The van der Waals surface area contributed by atoms with Crippen LogP contribution in [-0.4, -0.2) is 0 Å². The zero-order valence-electron chi connectivity index (χ0n) is 8.31. The predicted octanol–water partition coefficient (Wildman–Crippen LogP) is 3.68. The normalized spacial score (nSPS) is 9.60. The summed E-state index contributed by atoms with van der Waals surface area (Å²) >= 11 is 0. The van der Waals surface area contributed by atoms with Crippen molar-refractivity contribution in [3.8, 4) is 16.9 Å². The van der Waals surface area contributed by atoms with E-state index >= 15 is 0 Å². The van der Waals surface area contributed by atoms with Gasteiger partial charge in [-0.05, 0) is 29.3 Å². The van der Waals surface area contributed by atoms with Gasteiger partial charge in [0.2, 0.25) is 0 Å². The highest BCUT2D eigenvalue weighted by Crippen LogP contribution is 2.21. The highest BCUT2D eigenvalue weighted by atomic mass is 16.5. The average Bonchev–Trinajstić information content (AvgIpc) is 2.32. The van der Waals surface area contributed by atoms with Crippen LogP contribution in [0.25, 0.3) is 11.1 Å². The van der Waals surface area contributed by atoms with Gasteiger partial charge in [0, 0.05) is 0 Å². The van der Waals surface area contributed by atoms with Crippen molar-refractivity contribution in [1.29, 1.82) is 0 Å². The van der Waals surface area contributed by atoms with Gasteiger partial charge in [0.05, 0.1) is 6.26 Å². The molecule has 0 aliphatic carbocycles. The molecule has 2 aromatic carbocycles. The summed E-state index contributed by atoms with van der Waals surface area (Å²) in [5, 5.41) is 0. The minimum atomic E-state index is 0.802. The van der Waals surface area contributed by atoms with E-state index in [1.54, 1.807) is 0 Å². The maximum Gasteiger partial charge on any atom is 0.126 e. The van der Waals surface area contributed by atoms with Crippen molar-refractivity contribution in [3.05, 3.63) is 67.4 Å². The Morgan fingerprint density at radius 3 is 2.13 bits per heavy atom. The van der Waals surface area contributed by atoms with Gasteiger partial charge in [-0.2, -0.15) is 0 Å². The largest absolute Gasteiger partial charge is 0.466 e. The lowest BCUT2D eigenvalue weighted by Crippen LogP contribution is -1.81. The summed E-state index contributed by atoms with van der Waals surface area (Å²) in [4.78, 5) is 0. The number of hydrogen-bond acceptors (Lipinski definition) is 1. The summed E-state index contributed by atoms with van der Waals surface area (Å²) in [5.74, 6) is 0.802. The first kappa shape index (κ1) is 9.53. The lowest BCUT2D eigenvalue weighted by atomic mass is 10.1. The molecule has 0 aromatic heterocycles. The molecule has 1 heteroatoms. The molecule has 2 rings (SSSR count). The topological polar surface area (TPSA) is 9.23 Å². The Morgan fingerprint density at radius 2 is 1.53 bits per heavy atom. The van der Waals surface area contributed by atoms with Crippen molar-refractivity contribution < 1.29 is 4.74 Å². The summed E-state index contributed by atoms with van der Waals surface area (Å²) in [7, 11) is 0. The highest BCUT2D eigenvalue weighted by Gasteiger charge is 1.96. The van der Waals surface area contributed by atoms with Gasteiger partial charge in [-0.15, -0.1) is 0 Å². The molecule has 73 valence electrons. The first-order valence-electron chi connectivity index (χ1n) is 4.74. The molecule has 0 spiro atoms. The lowest BCUT2D eigenvalue weighted by molar-refractivity contribution is 0.483. The minimum Gasteiger partial charge on any atom is -0.466 e. The molecule has 0 heterocycles. The Hall–Kier alpha value is -2.02. The molecule has 2 aromatic rings. The van der Waals surface area contributed by atoms with E-state index in [1.165, 1.54) is 17.4 Å². The van der Waals surface area contributed by atoms with E-state index in [4.69, 9.17) is 4.74 Å². The summed E-state index contributed by atoms with van der Waals surface area (Å²) < 4.78 is 5.15. The summed E-state index contributed by atoms with van der Waals surface area (Å²) in [5.41, 5.74) is 2.35. The fourth-order valence-electron chi connectivity index (χ4n) is 1.40. The highest BCUT2D eigenvalue weighted by molar-refractivity contribution is 5.63. The quantitative estimate of drug-likeness (QED) is 0.679. The zero-order chi connectivity index (χ0) is 10.5. The number of benzene rings is 2. The van der Waals surface area contributed by atoms with E-state index in [0.29, 0.717) is 0 Å². The monoisotopic (exact) mass is 195 g/mol. The SMILES string of the molecule is C=COc1ccc(-c2cc[c]cc2)cc1. The maximum atomic E-state index is 5.15. The summed E-state index contributed by atoms with van der Waals surface area (Å²) in [6.07, 6.45) is 1.42. The van der Waals surface area contributed by atoms with Crippen LogP contribution in [0.3, 0.4) is 0 Å². The van der Waals surface area contributed by atoms with Gasteiger partial charge < -0.3 is 4.74 Å². The number of rotatable bonds is 3. The number of ether oxygens (including phenoxy) is 1. The second-order valence-electron chi connectivity index (χ2n) is 3.10. The Labute approximate surface area is 89.6 Å². The molecular formula is C14H11O. The average molecular weight is 195 g/mol. The van der Waals surface area contributed by atoms with E-state index in [2.05, 4.69) is 12.6 Å². The molecule has 1 nitrogen and oxygen atoms in total. The zero-order valence-corrected chi connectivity index (χ0v) is 8.31. The van der Waals surface area contributed by atoms with Crippen LogP contribution in [0.4, 0.5) is 0 Å². The predicted molar refractivity (Wildman–Crippen MR) is 61.5 cm³/mol. The summed E-state index contributed by atoms with van der Waals surface area (Å²) in [6.45, 7) is 3.51. The van der Waals surface area contributed by atoms with Crippen molar-refractivity contribution in [2.24, 2.45) is 0 Å². The third-order valence-electron chi connectivity index (χ3n) is 2.13. The molecule has 0 amide bonds. The van der Waals surface area contributed by atoms with Crippen LogP contribution in [0, 0.1) is 6.07 Å². The Balaban J connectivity index is 2.28. The minimum absolute atomic E-state index is 0.802. The molecule has 0 bridgehead atoms. The van der Waals surface area contributed by atoms with E-state index < -0.39 is 0 Å². The fourth-order valence-corrected chi connectivity index (χ4v) is 1.40. The molecule has 0 N–H and O–H groups in total. The molecule has 0 aliphatic heterocycles. The van der Waals surface area contributed by atoms with Gasteiger partial charge >= 0.3 is 0 Å². The van der Waals surface area contributed by atoms with Gasteiger partial charge in [0.25, 0.3) is 0 Å². The Bertz CT molecular complexity index is 429. The van der Waals surface area contributed by atoms with Gasteiger partial charge in [0.1, 0.15) is 5.75 Å². The smallest absolute Gasteiger partial charge is 0.126 e. The van der Waals surface area contributed by atoms with Crippen LogP contribution < -0.4 is 4.74 Å². The molecule has 0 aliphatic rings. The third kappa shape index (κ3) is 2.26. The van der Waals surface area contributed by atoms with Crippen LogP contribution in [-0.2, 0) is 0 Å². The maximum absolute atomic E-state index is 5.15. The Kier molecular flexibility index (Phi) is 2.84. The van der Waals surface area contributed by atoms with E-state index in [1.807, 2.05) is 48.5 Å². The second-order valence-corrected chi connectivity index (χ2v) is 3.10. The Morgan fingerprint density at radius 1 is 0.933 bits per heavy atom. The molecule has 0 fully saturated rings. The molecule has 0 atom stereocenters. The first-order chi connectivity index (χ1) is 7.40. The van der Waals surface area contributed by atoms with Crippen LogP contribution in [0.2, 0.25) is 0 Å². The lowest BCUT2D eigenvalue weighted by Gasteiger charge is -2.03. The van der Waals surface area contributed by atoms with Gasteiger partial charge in [0.15, 0.2) is 0 Å². The van der Waals surface area contributed by atoms with Gasteiger partial charge in [-0.3, -0.25) is 0 Å². The van der Waals surface area contributed by atoms with Crippen molar-refractivity contribution >= 4 is 0 Å². The molecule has 0 saturated carbocycles. The number of hydrogen-bond donors (Lipinski definition) is 0. The molecule has 1 radical (unpaired) electrons. The van der Waals surface area contributed by atoms with Gasteiger partial charge in [-0.25, -0.2) is 0 Å². The molecule has 15 heavy (non-hydrogen) atoms.